The second kappa shape index (κ2) is 6.00. The predicted octanol–water partition coefficient (Wildman–Crippen LogP) is 3.38. The number of likely N-dealkylation sites (tertiary alicyclic amines) is 1. The maximum atomic E-state index is 10.8. The summed E-state index contributed by atoms with van der Waals surface area (Å²) in [5, 5.41) is 10.8. The highest BCUT2D eigenvalue weighted by Gasteiger charge is 2.31. The number of benzene rings is 2. The normalized spacial score (nSPS) is 22.1. The maximum absolute atomic E-state index is 10.8. The van der Waals surface area contributed by atoms with Crippen LogP contribution in [0, 0.1) is 0 Å². The first-order valence-corrected chi connectivity index (χ1v) is 7.70. The molecular formula is C19H23NO. The molecule has 0 amide bonds. The van der Waals surface area contributed by atoms with Crippen molar-refractivity contribution >= 4 is 0 Å². The molecule has 0 bridgehead atoms. The summed E-state index contributed by atoms with van der Waals surface area (Å²) in [6.07, 6.45) is 1.18. The van der Waals surface area contributed by atoms with E-state index in [1.807, 2.05) is 37.3 Å². The van der Waals surface area contributed by atoms with E-state index in [1.54, 1.807) is 0 Å². The SMILES string of the molecule is CC(O)(CN1CCC(c2ccccc2)C1)c1ccccc1. The Hall–Kier alpha value is -1.64. The number of rotatable bonds is 4. The van der Waals surface area contributed by atoms with Crippen molar-refractivity contribution in [2.75, 3.05) is 19.6 Å². The molecule has 1 fully saturated rings. The molecule has 3 rings (SSSR count). The van der Waals surface area contributed by atoms with Crippen LogP contribution in [-0.4, -0.2) is 29.6 Å². The molecule has 0 saturated carbocycles. The molecule has 1 heterocycles. The second-order valence-corrected chi connectivity index (χ2v) is 6.27. The van der Waals surface area contributed by atoms with E-state index in [1.165, 1.54) is 12.0 Å². The van der Waals surface area contributed by atoms with Gasteiger partial charge in [0, 0.05) is 13.1 Å². The molecule has 1 aliphatic heterocycles. The summed E-state index contributed by atoms with van der Waals surface area (Å²) in [6.45, 7) is 4.70. The Morgan fingerprint density at radius 2 is 1.67 bits per heavy atom. The Bertz CT molecular complexity index is 565. The van der Waals surface area contributed by atoms with Crippen LogP contribution in [0.3, 0.4) is 0 Å². The predicted molar refractivity (Wildman–Crippen MR) is 86.3 cm³/mol. The summed E-state index contributed by atoms with van der Waals surface area (Å²) < 4.78 is 0. The monoisotopic (exact) mass is 281 g/mol. The van der Waals surface area contributed by atoms with E-state index in [0.29, 0.717) is 12.5 Å². The molecular weight excluding hydrogens is 258 g/mol. The molecule has 2 aromatic carbocycles. The first-order chi connectivity index (χ1) is 10.1. The van der Waals surface area contributed by atoms with Gasteiger partial charge in [-0.05, 0) is 36.9 Å². The van der Waals surface area contributed by atoms with Gasteiger partial charge >= 0.3 is 0 Å². The smallest absolute Gasteiger partial charge is 0.0994 e. The molecule has 1 saturated heterocycles. The molecule has 2 aromatic rings. The maximum Gasteiger partial charge on any atom is 0.0994 e. The van der Waals surface area contributed by atoms with Crippen molar-refractivity contribution in [3.05, 3.63) is 71.8 Å². The Labute approximate surface area is 127 Å². The van der Waals surface area contributed by atoms with Crippen LogP contribution in [0.15, 0.2) is 60.7 Å². The standard InChI is InChI=1S/C19H23NO/c1-19(21,18-10-6-3-7-11-18)15-20-13-12-17(14-20)16-8-4-2-5-9-16/h2-11,17,21H,12-15H2,1H3. The topological polar surface area (TPSA) is 23.5 Å². The third-order valence-electron chi connectivity index (χ3n) is 4.47. The fourth-order valence-electron chi connectivity index (χ4n) is 3.30. The molecule has 0 radical (unpaired) electrons. The molecule has 2 heteroatoms. The second-order valence-electron chi connectivity index (χ2n) is 6.27. The highest BCUT2D eigenvalue weighted by Crippen LogP contribution is 2.30. The number of β-amino-alcohol motifs (C(OH)–C–C–N with tert-alkyl or cyclic N) is 1. The molecule has 1 aliphatic rings. The van der Waals surface area contributed by atoms with E-state index < -0.39 is 5.60 Å². The van der Waals surface area contributed by atoms with Crippen molar-refractivity contribution in [2.45, 2.75) is 24.9 Å². The van der Waals surface area contributed by atoms with Crippen molar-refractivity contribution < 1.29 is 5.11 Å². The zero-order valence-corrected chi connectivity index (χ0v) is 12.6. The highest BCUT2D eigenvalue weighted by atomic mass is 16.3. The van der Waals surface area contributed by atoms with E-state index in [-0.39, 0.29) is 0 Å². The third kappa shape index (κ3) is 3.34. The molecule has 0 aliphatic carbocycles. The molecule has 1 N–H and O–H groups in total. The van der Waals surface area contributed by atoms with Gasteiger partial charge in [-0.1, -0.05) is 60.7 Å². The zero-order chi connectivity index (χ0) is 14.7. The quantitative estimate of drug-likeness (QED) is 0.928. The average molecular weight is 281 g/mol. The van der Waals surface area contributed by atoms with Crippen molar-refractivity contribution in [2.24, 2.45) is 0 Å². The van der Waals surface area contributed by atoms with Crippen LogP contribution < -0.4 is 0 Å². The van der Waals surface area contributed by atoms with E-state index >= 15 is 0 Å². The minimum Gasteiger partial charge on any atom is -0.384 e. The van der Waals surface area contributed by atoms with Crippen LogP contribution in [0.5, 0.6) is 0 Å². The zero-order valence-electron chi connectivity index (χ0n) is 12.6. The van der Waals surface area contributed by atoms with Crippen LogP contribution in [-0.2, 0) is 5.60 Å². The Kier molecular flexibility index (Phi) is 4.09. The summed E-state index contributed by atoms with van der Waals surface area (Å²) in [4.78, 5) is 2.38. The summed E-state index contributed by atoms with van der Waals surface area (Å²) in [5.74, 6) is 0.595. The molecule has 110 valence electrons. The van der Waals surface area contributed by atoms with Gasteiger partial charge in [-0.15, -0.1) is 0 Å². The molecule has 2 nitrogen and oxygen atoms in total. The minimum absolute atomic E-state index is 0.595. The molecule has 21 heavy (non-hydrogen) atoms. The first kappa shape index (κ1) is 14.3. The number of hydrogen-bond acceptors (Lipinski definition) is 2. The van der Waals surface area contributed by atoms with Crippen molar-refractivity contribution in [1.29, 1.82) is 0 Å². The molecule has 2 unspecified atom stereocenters. The van der Waals surface area contributed by atoms with Gasteiger partial charge in [-0.25, -0.2) is 0 Å². The summed E-state index contributed by atoms with van der Waals surface area (Å²) in [5.41, 5.74) is 1.62. The molecule has 2 atom stereocenters. The van der Waals surface area contributed by atoms with Gasteiger partial charge < -0.3 is 5.11 Å². The van der Waals surface area contributed by atoms with Crippen LogP contribution in [0.2, 0.25) is 0 Å². The summed E-state index contributed by atoms with van der Waals surface area (Å²) in [7, 11) is 0. The van der Waals surface area contributed by atoms with E-state index in [0.717, 1.165) is 18.7 Å². The Morgan fingerprint density at radius 1 is 1.05 bits per heavy atom. The van der Waals surface area contributed by atoms with E-state index in [4.69, 9.17) is 0 Å². The lowest BCUT2D eigenvalue weighted by Gasteiger charge is -2.29. The number of nitrogens with zero attached hydrogens (tertiary/aromatic N) is 1. The fraction of sp³-hybridized carbons (Fsp3) is 0.368. The average Bonchev–Trinajstić information content (AvgIpc) is 2.97. The van der Waals surface area contributed by atoms with Crippen LogP contribution >= 0.6 is 0 Å². The first-order valence-electron chi connectivity index (χ1n) is 7.70. The van der Waals surface area contributed by atoms with Gasteiger partial charge in [-0.2, -0.15) is 0 Å². The summed E-state index contributed by atoms with van der Waals surface area (Å²) in [6, 6.07) is 20.7. The van der Waals surface area contributed by atoms with E-state index in [2.05, 4.69) is 35.2 Å². The highest BCUT2D eigenvalue weighted by molar-refractivity contribution is 5.23. The van der Waals surface area contributed by atoms with Gasteiger partial charge in [0.05, 0.1) is 5.60 Å². The fourth-order valence-corrected chi connectivity index (χ4v) is 3.30. The summed E-state index contributed by atoms with van der Waals surface area (Å²) >= 11 is 0. The van der Waals surface area contributed by atoms with Gasteiger partial charge in [0.25, 0.3) is 0 Å². The van der Waals surface area contributed by atoms with Crippen molar-refractivity contribution in [3.8, 4) is 0 Å². The lowest BCUT2D eigenvalue weighted by molar-refractivity contribution is 0.0224. The lowest BCUT2D eigenvalue weighted by Crippen LogP contribution is -2.37. The Morgan fingerprint density at radius 3 is 2.33 bits per heavy atom. The molecule has 0 spiro atoms. The minimum atomic E-state index is -0.785. The number of hydrogen-bond donors (Lipinski definition) is 1. The largest absolute Gasteiger partial charge is 0.384 e. The Balaban J connectivity index is 1.65. The van der Waals surface area contributed by atoms with E-state index in [9.17, 15) is 5.11 Å². The van der Waals surface area contributed by atoms with Crippen LogP contribution in [0.25, 0.3) is 0 Å². The molecule has 0 aromatic heterocycles. The van der Waals surface area contributed by atoms with Crippen LogP contribution in [0.1, 0.15) is 30.4 Å². The van der Waals surface area contributed by atoms with Crippen molar-refractivity contribution in [1.82, 2.24) is 4.90 Å². The van der Waals surface area contributed by atoms with Gasteiger partial charge in [0.15, 0.2) is 0 Å². The van der Waals surface area contributed by atoms with Gasteiger partial charge in [-0.3, -0.25) is 4.90 Å². The third-order valence-corrected chi connectivity index (χ3v) is 4.47. The van der Waals surface area contributed by atoms with Gasteiger partial charge in [0.2, 0.25) is 0 Å². The lowest BCUT2D eigenvalue weighted by atomic mass is 9.95. The van der Waals surface area contributed by atoms with Crippen LogP contribution in [0.4, 0.5) is 0 Å². The van der Waals surface area contributed by atoms with Crippen molar-refractivity contribution in [3.63, 3.8) is 0 Å². The number of aliphatic hydroxyl groups is 1. The van der Waals surface area contributed by atoms with Gasteiger partial charge in [0.1, 0.15) is 0 Å².